The molecule has 1 heterocycles. The number of rotatable bonds is 3. The molecule has 1 aromatic rings. The fourth-order valence-corrected chi connectivity index (χ4v) is 3.87. The van der Waals surface area contributed by atoms with Gasteiger partial charge in [-0.25, -0.2) is 0 Å². The third-order valence-corrected chi connectivity index (χ3v) is 5.34. The van der Waals surface area contributed by atoms with Gasteiger partial charge in [-0.2, -0.15) is 13.2 Å². The molecule has 6 nitrogen and oxygen atoms in total. The Morgan fingerprint density at radius 1 is 1.23 bits per heavy atom. The number of benzene rings is 1. The fourth-order valence-electron chi connectivity index (χ4n) is 3.47. The molecule has 26 heavy (non-hydrogen) atoms. The smallest absolute Gasteiger partial charge is 0.416 e. The molecule has 0 bridgehead atoms. The van der Waals surface area contributed by atoms with Gasteiger partial charge in [0.1, 0.15) is 5.54 Å². The van der Waals surface area contributed by atoms with Gasteiger partial charge in [-0.05, 0) is 30.5 Å². The molecule has 0 aromatic heterocycles. The summed E-state index contributed by atoms with van der Waals surface area (Å²) in [5.74, 6) is -2.50. The van der Waals surface area contributed by atoms with Crippen LogP contribution in [0.25, 0.3) is 0 Å². The van der Waals surface area contributed by atoms with Crippen LogP contribution in [0.15, 0.2) is 24.3 Å². The first kappa shape index (κ1) is 18.7. The second-order valence-electron chi connectivity index (χ2n) is 6.58. The lowest BCUT2D eigenvalue weighted by Gasteiger charge is -2.56. The summed E-state index contributed by atoms with van der Waals surface area (Å²) in [5, 5.41) is 9.11. The van der Waals surface area contributed by atoms with Crippen LogP contribution in [0.5, 0.6) is 0 Å². The summed E-state index contributed by atoms with van der Waals surface area (Å²) < 4.78 is 39.2. The van der Waals surface area contributed by atoms with Crippen molar-refractivity contribution in [1.82, 2.24) is 8.78 Å². The maximum absolute atomic E-state index is 12.7. The van der Waals surface area contributed by atoms with E-state index in [1.54, 1.807) is 0 Å². The second-order valence-corrected chi connectivity index (χ2v) is 7.21. The Bertz CT molecular complexity index is 760. The van der Waals surface area contributed by atoms with Crippen molar-refractivity contribution in [3.63, 3.8) is 0 Å². The summed E-state index contributed by atoms with van der Waals surface area (Å²) in [5.41, 5.74) is -1.61. The van der Waals surface area contributed by atoms with E-state index in [1.807, 2.05) is 0 Å². The summed E-state index contributed by atoms with van der Waals surface area (Å²) in [7, 11) is 0. The third-order valence-electron chi connectivity index (χ3n) is 4.92. The Morgan fingerprint density at radius 3 is 2.31 bits per heavy atom. The molecule has 1 aliphatic carbocycles. The molecule has 0 unspecified atom stereocenters. The van der Waals surface area contributed by atoms with Gasteiger partial charge >= 0.3 is 28.7 Å². The molecule has 1 aliphatic heterocycles. The van der Waals surface area contributed by atoms with Crippen LogP contribution in [0.4, 0.5) is 13.2 Å². The van der Waals surface area contributed by atoms with E-state index in [4.69, 9.17) is 5.11 Å². The first-order valence-electron chi connectivity index (χ1n) is 7.81. The summed E-state index contributed by atoms with van der Waals surface area (Å²) >= 11 is 2.16. The van der Waals surface area contributed by atoms with Gasteiger partial charge in [0, 0.05) is 6.54 Å². The van der Waals surface area contributed by atoms with Crippen molar-refractivity contribution < 1.29 is 32.7 Å². The van der Waals surface area contributed by atoms with Gasteiger partial charge in [0.25, 0.3) is 0 Å². The molecule has 2 aliphatic rings. The zero-order chi connectivity index (χ0) is 19.3. The molecule has 1 spiro atoms. The van der Waals surface area contributed by atoms with E-state index in [2.05, 4.69) is 16.5 Å². The molecule has 2 fully saturated rings. The molecule has 1 N–H and O–H groups in total. The maximum Gasteiger partial charge on any atom is 0.416 e. The SMILES string of the molecule is O=C(O)C1CC2(C1)C(=O)[N]([Al])CC(=O)N2Cc1ccc(C(F)(F)F)cc1. The Hall–Kier alpha value is -2.05. The number of halogens is 3. The van der Waals surface area contributed by atoms with Crippen LogP contribution < -0.4 is 0 Å². The second kappa shape index (κ2) is 6.28. The van der Waals surface area contributed by atoms with Crippen molar-refractivity contribution in [2.75, 3.05) is 6.54 Å². The first-order chi connectivity index (χ1) is 12.0. The summed E-state index contributed by atoms with van der Waals surface area (Å²) in [6.07, 6.45) is -4.46. The van der Waals surface area contributed by atoms with Crippen LogP contribution in [-0.2, 0) is 27.1 Å². The van der Waals surface area contributed by atoms with Gasteiger partial charge in [-0.1, -0.05) is 12.1 Å². The fraction of sp³-hybridized carbons (Fsp3) is 0.438. The van der Waals surface area contributed by atoms with Crippen LogP contribution >= 0.6 is 0 Å². The van der Waals surface area contributed by atoms with Crippen molar-refractivity contribution >= 4 is 34.3 Å². The molecule has 1 saturated heterocycles. The highest BCUT2D eigenvalue weighted by atomic mass is 27.1. The number of alkyl halides is 3. The average Bonchev–Trinajstić information content (AvgIpc) is 2.50. The topological polar surface area (TPSA) is 77.9 Å². The standard InChI is InChI=1S/C16H15F3N2O4.Al/c17-16(18,19)11-3-1-9(2-4-11)8-21-12(22)7-20-14(25)15(21)5-10(6-15)13(23)24;/h1-4,10H,5-8H2,(H2,20,23,24,25);/q;+1/p-1. The maximum atomic E-state index is 12.7. The van der Waals surface area contributed by atoms with Crippen molar-refractivity contribution in [2.45, 2.75) is 31.1 Å². The average molecular weight is 382 g/mol. The highest BCUT2D eigenvalue weighted by Crippen LogP contribution is 2.46. The Morgan fingerprint density at radius 2 is 1.81 bits per heavy atom. The van der Waals surface area contributed by atoms with E-state index in [-0.39, 0.29) is 37.7 Å². The number of carbonyl (C=O) groups excluding carboxylic acids is 2. The van der Waals surface area contributed by atoms with Gasteiger partial charge in [0.15, 0.2) is 0 Å². The van der Waals surface area contributed by atoms with Gasteiger partial charge in [0.2, 0.25) is 11.8 Å². The summed E-state index contributed by atoms with van der Waals surface area (Å²) in [6, 6.07) is 4.35. The minimum absolute atomic E-state index is 0.00155. The van der Waals surface area contributed by atoms with E-state index in [0.717, 1.165) is 12.1 Å². The highest BCUT2D eigenvalue weighted by molar-refractivity contribution is 6.19. The molecule has 0 atom stereocenters. The zero-order valence-corrected chi connectivity index (χ0v) is 14.6. The molecule has 136 valence electrons. The predicted octanol–water partition coefficient (Wildman–Crippen LogP) is 1.19. The molecule has 1 saturated carbocycles. The Kier molecular flexibility index (Phi) is 4.53. The van der Waals surface area contributed by atoms with Gasteiger partial charge in [-0.3, -0.25) is 14.4 Å². The quantitative estimate of drug-likeness (QED) is 0.797. The lowest BCUT2D eigenvalue weighted by molar-refractivity contribution is -0.177. The largest absolute Gasteiger partial charge is 0.481 e. The van der Waals surface area contributed by atoms with Crippen LogP contribution in [0.1, 0.15) is 24.0 Å². The molecule has 2 amide bonds. The predicted molar refractivity (Wildman–Crippen MR) is 82.6 cm³/mol. The monoisotopic (exact) mass is 382 g/mol. The van der Waals surface area contributed by atoms with E-state index in [1.165, 1.54) is 20.9 Å². The van der Waals surface area contributed by atoms with Crippen LogP contribution in [-0.4, -0.2) is 60.3 Å². The summed E-state index contributed by atoms with van der Waals surface area (Å²) in [6.45, 7) is -0.225. The molecule has 2 radical (unpaired) electrons. The van der Waals surface area contributed by atoms with Gasteiger partial charge in [-0.15, -0.1) is 0 Å². The molecule has 10 heteroatoms. The number of nitrogens with zero attached hydrogens (tertiary/aromatic N) is 2. The van der Waals surface area contributed by atoms with E-state index >= 15 is 0 Å². The molecular weight excluding hydrogens is 368 g/mol. The van der Waals surface area contributed by atoms with Gasteiger partial charge < -0.3 is 13.9 Å². The number of hydrogen-bond donors (Lipinski definition) is 1. The lowest BCUT2D eigenvalue weighted by Crippen LogP contribution is -2.72. The van der Waals surface area contributed by atoms with E-state index in [0.29, 0.717) is 5.56 Å². The molecular formula is C16H14AlF3N2O4. The van der Waals surface area contributed by atoms with Gasteiger partial charge in [0.05, 0.1) is 18.0 Å². The lowest BCUT2D eigenvalue weighted by atomic mass is 9.65. The van der Waals surface area contributed by atoms with E-state index < -0.39 is 29.2 Å². The summed E-state index contributed by atoms with van der Waals surface area (Å²) in [4.78, 5) is 37.5. The highest BCUT2D eigenvalue weighted by Gasteiger charge is 2.60. The number of carboxylic acid groups (broad SMARTS) is 1. The number of amides is 2. The number of carboxylic acids is 1. The van der Waals surface area contributed by atoms with E-state index in [9.17, 15) is 27.6 Å². The Balaban J connectivity index is 1.85. The number of carbonyl (C=O) groups is 3. The Labute approximate surface area is 155 Å². The normalized spacial score (nSPS) is 26.2. The zero-order valence-electron chi connectivity index (χ0n) is 13.5. The van der Waals surface area contributed by atoms with Crippen LogP contribution in [0.3, 0.4) is 0 Å². The molecule has 3 rings (SSSR count). The minimum Gasteiger partial charge on any atom is -0.481 e. The van der Waals surface area contributed by atoms with Crippen LogP contribution in [0, 0.1) is 5.92 Å². The van der Waals surface area contributed by atoms with Crippen molar-refractivity contribution in [1.29, 1.82) is 0 Å². The van der Waals surface area contributed by atoms with Crippen LogP contribution in [0.2, 0.25) is 0 Å². The third kappa shape index (κ3) is 3.08. The minimum atomic E-state index is -4.46. The number of hydrogen-bond acceptors (Lipinski definition) is 3. The van der Waals surface area contributed by atoms with Crippen molar-refractivity contribution in [3.05, 3.63) is 35.4 Å². The number of piperazine rings is 1. The van der Waals surface area contributed by atoms with Crippen molar-refractivity contribution in [2.24, 2.45) is 5.92 Å². The molecule has 1 aromatic carbocycles. The number of aliphatic carboxylic acids is 1. The van der Waals surface area contributed by atoms with Crippen molar-refractivity contribution in [3.8, 4) is 0 Å². The first-order valence-corrected chi connectivity index (χ1v) is 8.32.